The lowest BCUT2D eigenvalue weighted by Crippen LogP contribution is -2.34. The normalized spacial score (nSPS) is 18.4. The summed E-state index contributed by atoms with van der Waals surface area (Å²) in [6, 6.07) is 3.08. The highest BCUT2D eigenvalue weighted by Gasteiger charge is 2.36. The molecule has 1 atom stereocenters. The van der Waals surface area contributed by atoms with Gasteiger partial charge in [-0.3, -0.25) is 4.79 Å². The third-order valence-corrected chi connectivity index (χ3v) is 4.88. The molecule has 1 aromatic rings. The smallest absolute Gasteiger partial charge is 0.325 e. The fourth-order valence-corrected chi connectivity index (χ4v) is 3.64. The summed E-state index contributed by atoms with van der Waals surface area (Å²) in [5.41, 5.74) is 5.81. The summed E-state index contributed by atoms with van der Waals surface area (Å²) in [7, 11) is -3.77. The van der Waals surface area contributed by atoms with Crippen LogP contribution in [0.3, 0.4) is 0 Å². The molecule has 1 heterocycles. The molecule has 90 valence electrons. The predicted octanol–water partition coefficient (Wildman–Crippen LogP) is 0.989. The Morgan fingerprint density at radius 3 is 2.65 bits per heavy atom. The molecule has 0 saturated carbocycles. The fraction of sp³-hybridized carbons (Fsp3) is 0.100. The van der Waals surface area contributed by atoms with Crippen LogP contribution in [-0.2, 0) is 14.6 Å². The van der Waals surface area contributed by atoms with E-state index in [0.29, 0.717) is 10.0 Å². The third kappa shape index (κ3) is 1.90. The summed E-state index contributed by atoms with van der Waals surface area (Å²) in [5, 5.41) is 8.77. The van der Waals surface area contributed by atoms with Gasteiger partial charge in [0, 0.05) is 4.47 Å². The van der Waals surface area contributed by atoms with Crippen molar-refractivity contribution in [3.63, 3.8) is 0 Å². The molecular weight excluding hydrogens is 310 g/mol. The molecule has 0 aromatic heterocycles. The third-order valence-electron chi connectivity index (χ3n) is 2.44. The first kappa shape index (κ1) is 12.3. The van der Waals surface area contributed by atoms with Gasteiger partial charge in [0.25, 0.3) is 0 Å². The van der Waals surface area contributed by atoms with Gasteiger partial charge < -0.3 is 10.8 Å². The molecule has 1 aromatic carbocycles. The molecule has 1 aliphatic rings. The molecule has 3 N–H and O–H groups in total. The number of sulfone groups is 1. The van der Waals surface area contributed by atoms with Crippen molar-refractivity contribution in [3.8, 4) is 0 Å². The molecule has 5 nitrogen and oxygen atoms in total. The molecule has 0 bridgehead atoms. The van der Waals surface area contributed by atoms with Gasteiger partial charge in [0.15, 0.2) is 0 Å². The highest BCUT2D eigenvalue weighted by molar-refractivity contribution is 9.10. The summed E-state index contributed by atoms with van der Waals surface area (Å²) in [6.07, 6.45) is 1.30. The van der Waals surface area contributed by atoms with Gasteiger partial charge in [0.1, 0.15) is 6.04 Å². The van der Waals surface area contributed by atoms with Crippen molar-refractivity contribution >= 4 is 37.8 Å². The van der Waals surface area contributed by atoms with Gasteiger partial charge in [-0.15, -0.1) is 0 Å². The van der Waals surface area contributed by atoms with Crippen molar-refractivity contribution in [2.45, 2.75) is 10.9 Å². The van der Waals surface area contributed by atoms with E-state index < -0.39 is 21.8 Å². The molecule has 0 saturated heterocycles. The lowest BCUT2D eigenvalue weighted by molar-refractivity contribution is -0.137. The van der Waals surface area contributed by atoms with E-state index in [2.05, 4.69) is 15.9 Å². The lowest BCUT2D eigenvalue weighted by Gasteiger charge is -2.07. The van der Waals surface area contributed by atoms with Crippen LogP contribution in [-0.4, -0.2) is 25.5 Å². The number of carboxylic acids is 1. The van der Waals surface area contributed by atoms with Crippen molar-refractivity contribution in [1.29, 1.82) is 0 Å². The zero-order valence-corrected chi connectivity index (χ0v) is 10.8. The SMILES string of the molecule is NC(C(=O)O)C1=Cc2cc(Br)ccc2S1(=O)=O. The molecule has 0 spiro atoms. The maximum absolute atomic E-state index is 12.0. The number of hydrogen-bond donors (Lipinski definition) is 2. The monoisotopic (exact) mass is 317 g/mol. The Hall–Kier alpha value is -1.18. The Morgan fingerprint density at radius 1 is 1.41 bits per heavy atom. The number of aliphatic carboxylic acids is 1. The number of hydrogen-bond acceptors (Lipinski definition) is 4. The Kier molecular flexibility index (Phi) is 2.84. The Balaban J connectivity index is 2.62. The maximum Gasteiger partial charge on any atom is 0.325 e. The lowest BCUT2D eigenvalue weighted by atomic mass is 10.2. The standard InChI is InChI=1S/C10H8BrNO4S/c11-6-1-2-7-5(3-6)4-8(17(7,15)16)9(12)10(13)14/h1-4,9H,12H2,(H,13,14). The molecule has 0 radical (unpaired) electrons. The van der Waals surface area contributed by atoms with Crippen LogP contribution in [0, 0.1) is 0 Å². The van der Waals surface area contributed by atoms with Crippen molar-refractivity contribution in [1.82, 2.24) is 0 Å². The van der Waals surface area contributed by atoms with E-state index in [1.165, 1.54) is 12.1 Å². The van der Waals surface area contributed by atoms with E-state index in [0.717, 1.165) is 0 Å². The van der Waals surface area contributed by atoms with Gasteiger partial charge >= 0.3 is 5.97 Å². The number of fused-ring (bicyclic) bond motifs is 1. The molecule has 2 rings (SSSR count). The van der Waals surface area contributed by atoms with Crippen LogP contribution in [0.2, 0.25) is 0 Å². The van der Waals surface area contributed by atoms with E-state index in [1.807, 2.05) is 0 Å². The first-order valence-corrected chi connectivity index (χ1v) is 6.86. The van der Waals surface area contributed by atoms with Crippen LogP contribution in [0.15, 0.2) is 32.5 Å². The molecule has 1 aliphatic heterocycles. The number of halogens is 1. The average molecular weight is 318 g/mol. The minimum Gasteiger partial charge on any atom is -0.480 e. The highest BCUT2D eigenvalue weighted by atomic mass is 79.9. The van der Waals surface area contributed by atoms with E-state index in [9.17, 15) is 13.2 Å². The number of rotatable bonds is 2. The Morgan fingerprint density at radius 2 is 2.06 bits per heavy atom. The van der Waals surface area contributed by atoms with Crippen molar-refractivity contribution in [2.24, 2.45) is 5.73 Å². The highest BCUT2D eigenvalue weighted by Crippen LogP contribution is 2.35. The summed E-state index contributed by atoms with van der Waals surface area (Å²) < 4.78 is 24.7. The van der Waals surface area contributed by atoms with Gasteiger partial charge in [0.2, 0.25) is 9.84 Å². The maximum atomic E-state index is 12.0. The molecule has 17 heavy (non-hydrogen) atoms. The van der Waals surface area contributed by atoms with Gasteiger partial charge in [-0.2, -0.15) is 0 Å². The van der Waals surface area contributed by atoms with Crippen LogP contribution in [0.4, 0.5) is 0 Å². The Bertz CT molecular complexity index is 636. The summed E-state index contributed by atoms with van der Waals surface area (Å²) in [6.45, 7) is 0. The number of carboxylic acid groups (broad SMARTS) is 1. The van der Waals surface area contributed by atoms with Crippen molar-refractivity contribution in [2.75, 3.05) is 0 Å². The summed E-state index contributed by atoms with van der Waals surface area (Å²) in [5.74, 6) is -1.37. The molecule has 0 fully saturated rings. The second-order valence-corrected chi connectivity index (χ2v) is 6.38. The fourth-order valence-electron chi connectivity index (χ4n) is 1.61. The first-order chi connectivity index (χ1) is 7.84. The van der Waals surface area contributed by atoms with Gasteiger partial charge in [-0.1, -0.05) is 15.9 Å². The van der Waals surface area contributed by atoms with Gasteiger partial charge in [-0.25, -0.2) is 8.42 Å². The van der Waals surface area contributed by atoms with E-state index in [-0.39, 0.29) is 9.80 Å². The predicted molar refractivity (Wildman–Crippen MR) is 64.9 cm³/mol. The second-order valence-electron chi connectivity index (χ2n) is 3.55. The van der Waals surface area contributed by atoms with Crippen LogP contribution >= 0.6 is 15.9 Å². The van der Waals surface area contributed by atoms with Crippen molar-refractivity contribution in [3.05, 3.63) is 33.1 Å². The van der Waals surface area contributed by atoms with Crippen LogP contribution in [0.1, 0.15) is 5.56 Å². The summed E-state index contributed by atoms with van der Waals surface area (Å²) >= 11 is 3.22. The largest absolute Gasteiger partial charge is 0.480 e. The van der Waals surface area contributed by atoms with Crippen LogP contribution in [0.25, 0.3) is 6.08 Å². The topological polar surface area (TPSA) is 97.5 Å². The average Bonchev–Trinajstić information content (AvgIpc) is 2.48. The van der Waals surface area contributed by atoms with Crippen molar-refractivity contribution < 1.29 is 18.3 Å². The zero-order chi connectivity index (χ0) is 12.8. The first-order valence-electron chi connectivity index (χ1n) is 4.58. The van der Waals surface area contributed by atoms with E-state index in [1.54, 1.807) is 12.1 Å². The van der Waals surface area contributed by atoms with E-state index >= 15 is 0 Å². The van der Waals surface area contributed by atoms with E-state index in [4.69, 9.17) is 10.8 Å². The number of carbonyl (C=O) groups is 1. The minimum atomic E-state index is -3.77. The minimum absolute atomic E-state index is 0.0902. The Labute approximate surface area is 106 Å². The summed E-state index contributed by atoms with van der Waals surface area (Å²) in [4.78, 5) is 10.6. The molecule has 0 amide bonds. The molecule has 1 unspecified atom stereocenters. The van der Waals surface area contributed by atoms with Crippen LogP contribution < -0.4 is 5.73 Å². The molecular formula is C10H8BrNO4S. The molecule has 7 heteroatoms. The second kappa shape index (κ2) is 3.94. The number of benzene rings is 1. The number of nitrogens with two attached hydrogens (primary N) is 1. The quantitative estimate of drug-likeness (QED) is 0.847. The zero-order valence-electron chi connectivity index (χ0n) is 8.42. The van der Waals surface area contributed by atoms with Crippen LogP contribution in [0.5, 0.6) is 0 Å². The van der Waals surface area contributed by atoms with Gasteiger partial charge in [-0.05, 0) is 29.8 Å². The van der Waals surface area contributed by atoms with Gasteiger partial charge in [0.05, 0.1) is 9.80 Å². The molecule has 0 aliphatic carbocycles.